The summed E-state index contributed by atoms with van der Waals surface area (Å²) in [4.78, 5) is 34.5. The molecule has 98 valence electrons. The molecule has 0 aromatic rings. The number of carbonyl (C=O) groups is 2. The van der Waals surface area contributed by atoms with Crippen LogP contribution in [0.15, 0.2) is 0 Å². The maximum atomic E-state index is 10.8. The van der Waals surface area contributed by atoms with E-state index in [9.17, 15) is 19.7 Å². The first kappa shape index (κ1) is 14.9. The Morgan fingerprint density at radius 3 is 2.47 bits per heavy atom. The number of nitrogens with one attached hydrogen (secondary N) is 1. The topological polar surface area (TPSA) is 137 Å². The Hall–Kier alpha value is -2.10. The van der Waals surface area contributed by atoms with Gasteiger partial charge in [0.1, 0.15) is 19.8 Å². The minimum absolute atomic E-state index is 0.0128. The standard InChI is InChI=1S/C7H12N2O8/c10-6(11)5-8-7(12)16-3-1-15-2-4-17-9(13)14/h1-5H2,(H,8,12)(H,10,11). The van der Waals surface area contributed by atoms with Gasteiger partial charge < -0.3 is 24.7 Å². The van der Waals surface area contributed by atoms with Crippen molar-refractivity contribution >= 4 is 12.1 Å². The summed E-state index contributed by atoms with van der Waals surface area (Å²) in [5.74, 6) is -1.19. The van der Waals surface area contributed by atoms with Crippen molar-refractivity contribution in [3.05, 3.63) is 10.1 Å². The SMILES string of the molecule is O=C(O)CNC(=O)OCCOCCO[N+](=O)[O-]. The van der Waals surface area contributed by atoms with Crippen LogP contribution in [0.4, 0.5) is 4.79 Å². The van der Waals surface area contributed by atoms with Gasteiger partial charge in [0.15, 0.2) is 0 Å². The van der Waals surface area contributed by atoms with Crippen molar-refractivity contribution < 1.29 is 34.1 Å². The van der Waals surface area contributed by atoms with Gasteiger partial charge in [-0.15, -0.1) is 10.1 Å². The van der Waals surface area contributed by atoms with Crippen LogP contribution in [0.25, 0.3) is 0 Å². The summed E-state index contributed by atoms with van der Waals surface area (Å²) in [6.07, 6.45) is -0.877. The van der Waals surface area contributed by atoms with Gasteiger partial charge in [0.25, 0.3) is 5.09 Å². The summed E-state index contributed by atoms with van der Waals surface area (Å²) in [7, 11) is 0. The summed E-state index contributed by atoms with van der Waals surface area (Å²) in [6.45, 7) is -0.818. The molecule has 0 fully saturated rings. The third kappa shape index (κ3) is 11.8. The van der Waals surface area contributed by atoms with Gasteiger partial charge in [0.05, 0.1) is 13.2 Å². The zero-order valence-electron chi connectivity index (χ0n) is 8.79. The minimum atomic E-state index is -1.19. The molecule has 10 heteroatoms. The third-order valence-corrected chi connectivity index (χ3v) is 1.27. The minimum Gasteiger partial charge on any atom is -0.480 e. The van der Waals surface area contributed by atoms with Crippen molar-refractivity contribution in [1.82, 2.24) is 5.32 Å². The second-order valence-electron chi connectivity index (χ2n) is 2.55. The molecule has 0 rings (SSSR count). The Morgan fingerprint density at radius 2 is 1.88 bits per heavy atom. The monoisotopic (exact) mass is 252 g/mol. The Labute approximate surface area is 95.5 Å². The Morgan fingerprint density at radius 1 is 1.24 bits per heavy atom. The van der Waals surface area contributed by atoms with Crippen LogP contribution in [0.2, 0.25) is 0 Å². The van der Waals surface area contributed by atoms with Gasteiger partial charge in [-0.1, -0.05) is 0 Å². The number of alkyl carbamates (subject to hydrolysis) is 1. The molecular formula is C7H12N2O8. The summed E-state index contributed by atoms with van der Waals surface area (Å²) in [6, 6.07) is 0. The fourth-order valence-electron chi connectivity index (χ4n) is 0.665. The molecule has 1 amide bonds. The third-order valence-electron chi connectivity index (χ3n) is 1.27. The second-order valence-corrected chi connectivity index (χ2v) is 2.55. The summed E-state index contributed by atoms with van der Waals surface area (Å²) < 4.78 is 9.32. The molecule has 0 unspecified atom stereocenters. The van der Waals surface area contributed by atoms with E-state index in [1.165, 1.54) is 0 Å². The van der Waals surface area contributed by atoms with Crippen molar-refractivity contribution in [2.45, 2.75) is 0 Å². The van der Waals surface area contributed by atoms with Gasteiger partial charge in [0.2, 0.25) is 0 Å². The molecule has 0 radical (unpaired) electrons. The number of carboxylic acid groups (broad SMARTS) is 1. The molecule has 0 aliphatic carbocycles. The van der Waals surface area contributed by atoms with Crippen LogP contribution < -0.4 is 5.32 Å². The van der Waals surface area contributed by atoms with Crippen molar-refractivity contribution in [1.29, 1.82) is 0 Å². The van der Waals surface area contributed by atoms with Crippen LogP contribution in [0.1, 0.15) is 0 Å². The lowest BCUT2D eigenvalue weighted by Crippen LogP contribution is -2.30. The van der Waals surface area contributed by atoms with E-state index in [0.717, 1.165) is 0 Å². The number of carbonyl (C=O) groups excluding carboxylic acids is 1. The number of amides is 1. The van der Waals surface area contributed by atoms with E-state index in [1.54, 1.807) is 0 Å². The van der Waals surface area contributed by atoms with E-state index < -0.39 is 23.7 Å². The van der Waals surface area contributed by atoms with Crippen LogP contribution >= 0.6 is 0 Å². The molecule has 0 atom stereocenters. The first-order valence-electron chi connectivity index (χ1n) is 4.50. The highest BCUT2D eigenvalue weighted by molar-refractivity contribution is 5.76. The molecule has 0 aromatic carbocycles. The molecule has 0 saturated carbocycles. The fraction of sp³-hybridized carbons (Fsp3) is 0.714. The van der Waals surface area contributed by atoms with E-state index in [0.29, 0.717) is 0 Å². The molecule has 0 bridgehead atoms. The predicted octanol–water partition coefficient (Wildman–Crippen LogP) is -0.978. The zero-order valence-corrected chi connectivity index (χ0v) is 8.79. The van der Waals surface area contributed by atoms with Crippen LogP contribution in [0, 0.1) is 10.1 Å². The largest absolute Gasteiger partial charge is 0.480 e. The summed E-state index contributed by atoms with van der Waals surface area (Å²) in [5.41, 5.74) is 0. The lowest BCUT2D eigenvalue weighted by atomic mass is 10.6. The van der Waals surface area contributed by atoms with Gasteiger partial charge >= 0.3 is 12.1 Å². The number of aliphatic carboxylic acids is 1. The number of ether oxygens (including phenoxy) is 2. The maximum absolute atomic E-state index is 10.8. The first-order valence-corrected chi connectivity index (χ1v) is 4.50. The van der Waals surface area contributed by atoms with Crippen molar-refractivity contribution in [3.63, 3.8) is 0 Å². The lowest BCUT2D eigenvalue weighted by Gasteiger charge is -2.05. The first-order chi connectivity index (χ1) is 8.02. The molecule has 2 N–H and O–H groups in total. The second kappa shape index (κ2) is 9.15. The predicted molar refractivity (Wildman–Crippen MR) is 50.8 cm³/mol. The van der Waals surface area contributed by atoms with E-state index in [2.05, 4.69) is 9.57 Å². The van der Waals surface area contributed by atoms with E-state index >= 15 is 0 Å². The van der Waals surface area contributed by atoms with Gasteiger partial charge in [-0.05, 0) is 0 Å². The normalized spacial score (nSPS) is 9.41. The molecule has 10 nitrogen and oxygen atoms in total. The van der Waals surface area contributed by atoms with Gasteiger partial charge in [0, 0.05) is 0 Å². The molecule has 0 aliphatic heterocycles. The highest BCUT2D eigenvalue weighted by atomic mass is 17.0. The molecule has 0 saturated heterocycles. The zero-order chi connectivity index (χ0) is 13.1. The maximum Gasteiger partial charge on any atom is 0.407 e. The molecule has 0 aliphatic rings. The lowest BCUT2D eigenvalue weighted by molar-refractivity contribution is -0.758. The number of carboxylic acids is 1. The average Bonchev–Trinajstić information content (AvgIpc) is 2.24. The summed E-state index contributed by atoms with van der Waals surface area (Å²) >= 11 is 0. The van der Waals surface area contributed by atoms with Crippen molar-refractivity contribution in [2.75, 3.05) is 33.0 Å². The molecule has 0 spiro atoms. The average molecular weight is 252 g/mol. The fourth-order valence-corrected chi connectivity index (χ4v) is 0.665. The van der Waals surface area contributed by atoms with Crippen molar-refractivity contribution in [2.24, 2.45) is 0 Å². The molecule has 0 aromatic heterocycles. The van der Waals surface area contributed by atoms with Gasteiger partial charge in [-0.25, -0.2) is 4.79 Å². The van der Waals surface area contributed by atoms with Crippen LogP contribution in [-0.2, 0) is 19.1 Å². The quantitative estimate of drug-likeness (QED) is 0.303. The Bertz CT molecular complexity index is 269. The van der Waals surface area contributed by atoms with E-state index in [-0.39, 0.29) is 26.4 Å². The number of rotatable bonds is 9. The van der Waals surface area contributed by atoms with Gasteiger partial charge in [-0.3, -0.25) is 4.79 Å². The molecule has 17 heavy (non-hydrogen) atoms. The highest BCUT2D eigenvalue weighted by Crippen LogP contribution is 1.82. The number of hydrogen-bond donors (Lipinski definition) is 2. The number of nitrogens with zero attached hydrogens (tertiary/aromatic N) is 1. The van der Waals surface area contributed by atoms with Crippen LogP contribution in [0.5, 0.6) is 0 Å². The van der Waals surface area contributed by atoms with Crippen LogP contribution in [-0.4, -0.2) is 55.2 Å². The Kier molecular flexibility index (Phi) is 8.02. The molecule has 0 heterocycles. The van der Waals surface area contributed by atoms with E-state index in [4.69, 9.17) is 9.84 Å². The smallest absolute Gasteiger partial charge is 0.407 e. The summed E-state index contributed by atoms with van der Waals surface area (Å²) in [5, 5.41) is 18.9. The van der Waals surface area contributed by atoms with E-state index in [1.807, 2.05) is 5.32 Å². The molecular weight excluding hydrogens is 240 g/mol. The Balaban J connectivity index is 3.24. The number of hydrogen-bond acceptors (Lipinski definition) is 7. The van der Waals surface area contributed by atoms with Gasteiger partial charge in [-0.2, -0.15) is 0 Å². The highest BCUT2D eigenvalue weighted by Gasteiger charge is 2.03. The van der Waals surface area contributed by atoms with Crippen molar-refractivity contribution in [3.8, 4) is 0 Å². The van der Waals surface area contributed by atoms with Crippen LogP contribution in [0.3, 0.4) is 0 Å².